The third-order valence-corrected chi connectivity index (χ3v) is 3.45. The molecule has 0 saturated carbocycles. The summed E-state index contributed by atoms with van der Waals surface area (Å²) in [6.45, 7) is 2.07. The summed E-state index contributed by atoms with van der Waals surface area (Å²) >= 11 is 0. The number of sulfone groups is 1. The summed E-state index contributed by atoms with van der Waals surface area (Å²) in [5.41, 5.74) is 0. The fraction of sp³-hybridized carbons (Fsp3) is 0.889. The smallest absolute Gasteiger partial charge is 0.224 e. The first-order valence-electron chi connectivity index (χ1n) is 5.15. The van der Waals surface area contributed by atoms with E-state index in [0.717, 1.165) is 19.5 Å². The van der Waals surface area contributed by atoms with Crippen molar-refractivity contribution in [3.05, 3.63) is 0 Å². The highest BCUT2D eigenvalue weighted by atomic mass is 32.2. The van der Waals surface area contributed by atoms with Crippen molar-refractivity contribution >= 4 is 15.7 Å². The second-order valence-corrected chi connectivity index (χ2v) is 6.22. The number of carbonyl (C=O) groups is 1. The monoisotopic (exact) mass is 234 g/mol. The zero-order valence-electron chi connectivity index (χ0n) is 8.95. The molecule has 1 amide bonds. The summed E-state index contributed by atoms with van der Waals surface area (Å²) in [5, 5.41) is 5.86. The van der Waals surface area contributed by atoms with E-state index in [0.29, 0.717) is 13.0 Å². The predicted molar refractivity (Wildman–Crippen MR) is 58.3 cm³/mol. The number of amides is 1. The van der Waals surface area contributed by atoms with E-state index in [1.807, 2.05) is 0 Å². The van der Waals surface area contributed by atoms with E-state index in [-0.39, 0.29) is 17.6 Å². The molecule has 0 spiro atoms. The molecule has 0 aromatic carbocycles. The van der Waals surface area contributed by atoms with Crippen LogP contribution in [-0.4, -0.2) is 46.0 Å². The van der Waals surface area contributed by atoms with Gasteiger partial charge in [-0.05, 0) is 19.4 Å². The maximum absolute atomic E-state index is 11.5. The van der Waals surface area contributed by atoms with Crippen molar-refractivity contribution in [3.8, 4) is 0 Å². The highest BCUT2D eigenvalue weighted by Gasteiger charge is 2.21. The van der Waals surface area contributed by atoms with E-state index in [1.54, 1.807) is 0 Å². The van der Waals surface area contributed by atoms with Crippen LogP contribution in [0.3, 0.4) is 0 Å². The fourth-order valence-electron chi connectivity index (χ4n) is 1.57. The molecule has 0 aliphatic carbocycles. The van der Waals surface area contributed by atoms with Crippen molar-refractivity contribution in [1.29, 1.82) is 0 Å². The molecule has 1 aliphatic rings. The van der Waals surface area contributed by atoms with Gasteiger partial charge in [0.25, 0.3) is 0 Å². The summed E-state index contributed by atoms with van der Waals surface area (Å²) in [4.78, 5) is 11.5. The normalized spacial score (nSPS) is 21.5. The molecule has 1 heterocycles. The summed E-state index contributed by atoms with van der Waals surface area (Å²) in [6, 6.07) is 0. The van der Waals surface area contributed by atoms with Gasteiger partial charge >= 0.3 is 0 Å². The van der Waals surface area contributed by atoms with Crippen LogP contribution < -0.4 is 10.6 Å². The molecule has 88 valence electrons. The molecule has 15 heavy (non-hydrogen) atoms. The van der Waals surface area contributed by atoms with Crippen LogP contribution in [0, 0.1) is 5.92 Å². The highest BCUT2D eigenvalue weighted by Crippen LogP contribution is 2.06. The van der Waals surface area contributed by atoms with E-state index in [1.165, 1.54) is 6.26 Å². The van der Waals surface area contributed by atoms with Gasteiger partial charge in [-0.2, -0.15) is 0 Å². The number of hydrogen-bond donors (Lipinski definition) is 2. The van der Waals surface area contributed by atoms with Crippen LogP contribution in [0.4, 0.5) is 0 Å². The fourth-order valence-corrected chi connectivity index (χ4v) is 2.24. The molecule has 0 aromatic rings. The highest BCUT2D eigenvalue weighted by molar-refractivity contribution is 7.90. The number of rotatable bonds is 5. The summed E-state index contributed by atoms with van der Waals surface area (Å²) in [7, 11) is -2.90. The quantitative estimate of drug-likeness (QED) is 0.607. The minimum atomic E-state index is -2.90. The maximum atomic E-state index is 11.5. The van der Waals surface area contributed by atoms with Crippen LogP contribution in [0.2, 0.25) is 0 Å². The maximum Gasteiger partial charge on any atom is 0.224 e. The molecule has 1 unspecified atom stereocenters. The Labute approximate surface area is 90.5 Å². The zero-order valence-corrected chi connectivity index (χ0v) is 9.77. The Bertz CT molecular complexity index is 307. The lowest BCUT2D eigenvalue weighted by Crippen LogP contribution is -2.33. The van der Waals surface area contributed by atoms with Gasteiger partial charge in [-0.3, -0.25) is 4.79 Å². The average molecular weight is 234 g/mol. The molecular weight excluding hydrogens is 216 g/mol. The zero-order chi connectivity index (χ0) is 11.3. The third-order valence-electron chi connectivity index (χ3n) is 2.42. The van der Waals surface area contributed by atoms with Crippen LogP contribution in [-0.2, 0) is 14.6 Å². The van der Waals surface area contributed by atoms with Crippen LogP contribution in [0.5, 0.6) is 0 Å². The van der Waals surface area contributed by atoms with Crippen molar-refractivity contribution in [3.63, 3.8) is 0 Å². The molecule has 1 aliphatic heterocycles. The molecule has 1 rings (SSSR count). The molecule has 1 fully saturated rings. The van der Waals surface area contributed by atoms with E-state index in [9.17, 15) is 13.2 Å². The molecule has 0 radical (unpaired) electrons. The predicted octanol–water partition coefficient (Wildman–Crippen LogP) is -0.853. The van der Waals surface area contributed by atoms with E-state index >= 15 is 0 Å². The van der Waals surface area contributed by atoms with Gasteiger partial charge in [0.05, 0.1) is 11.7 Å². The Kier molecular flexibility index (Phi) is 4.53. The molecule has 0 bridgehead atoms. The first-order chi connectivity index (χ1) is 6.99. The van der Waals surface area contributed by atoms with Crippen LogP contribution >= 0.6 is 0 Å². The Hall–Kier alpha value is -0.620. The van der Waals surface area contributed by atoms with Crippen LogP contribution in [0.25, 0.3) is 0 Å². The minimum absolute atomic E-state index is 0.0356. The topological polar surface area (TPSA) is 75.3 Å². The molecule has 0 aromatic heterocycles. The van der Waals surface area contributed by atoms with E-state index in [2.05, 4.69) is 10.6 Å². The van der Waals surface area contributed by atoms with Gasteiger partial charge in [0, 0.05) is 19.3 Å². The van der Waals surface area contributed by atoms with Gasteiger partial charge in [0.2, 0.25) is 5.91 Å². The molecule has 6 heteroatoms. The van der Waals surface area contributed by atoms with Gasteiger partial charge in [-0.25, -0.2) is 8.42 Å². The summed E-state index contributed by atoms with van der Waals surface area (Å²) in [5.74, 6) is 0.229. The van der Waals surface area contributed by atoms with Crippen LogP contribution in [0.1, 0.15) is 12.8 Å². The van der Waals surface area contributed by atoms with Crippen LogP contribution in [0.15, 0.2) is 0 Å². The van der Waals surface area contributed by atoms with Crippen molar-refractivity contribution in [2.45, 2.75) is 12.8 Å². The number of hydrogen-bond acceptors (Lipinski definition) is 4. The third kappa shape index (κ3) is 5.13. The van der Waals surface area contributed by atoms with Gasteiger partial charge in [0.1, 0.15) is 9.84 Å². The Morgan fingerprint density at radius 1 is 1.53 bits per heavy atom. The first-order valence-corrected chi connectivity index (χ1v) is 7.21. The van der Waals surface area contributed by atoms with Gasteiger partial charge < -0.3 is 10.6 Å². The first kappa shape index (κ1) is 12.4. The van der Waals surface area contributed by atoms with Crippen molar-refractivity contribution < 1.29 is 13.2 Å². The molecule has 2 N–H and O–H groups in total. The molecule has 1 saturated heterocycles. The lowest BCUT2D eigenvalue weighted by molar-refractivity contribution is -0.124. The van der Waals surface area contributed by atoms with Crippen molar-refractivity contribution in [1.82, 2.24) is 10.6 Å². The van der Waals surface area contributed by atoms with Crippen molar-refractivity contribution in [2.24, 2.45) is 5.92 Å². The average Bonchev–Trinajstić information content (AvgIpc) is 2.63. The Morgan fingerprint density at radius 2 is 2.27 bits per heavy atom. The number of carbonyl (C=O) groups excluding carboxylic acids is 1. The number of nitrogens with one attached hydrogen (secondary N) is 2. The summed E-state index contributed by atoms with van der Waals surface area (Å²) < 4.78 is 21.6. The van der Waals surface area contributed by atoms with E-state index < -0.39 is 9.84 Å². The largest absolute Gasteiger partial charge is 0.356 e. The molecule has 1 atom stereocenters. The van der Waals surface area contributed by atoms with Gasteiger partial charge in [-0.1, -0.05) is 0 Å². The molecular formula is C9H18N2O3S. The minimum Gasteiger partial charge on any atom is -0.356 e. The van der Waals surface area contributed by atoms with Gasteiger partial charge in [-0.15, -0.1) is 0 Å². The Morgan fingerprint density at radius 3 is 2.80 bits per heavy atom. The molecule has 5 nitrogen and oxygen atoms in total. The SMILES string of the molecule is CS(=O)(=O)CCCNC(=O)C1CCNC1. The second kappa shape index (κ2) is 5.46. The lowest BCUT2D eigenvalue weighted by atomic mass is 10.1. The van der Waals surface area contributed by atoms with Gasteiger partial charge in [0.15, 0.2) is 0 Å². The van der Waals surface area contributed by atoms with E-state index in [4.69, 9.17) is 0 Å². The standard InChI is InChI=1S/C9H18N2O3S/c1-15(13,14)6-2-4-11-9(12)8-3-5-10-7-8/h8,10H,2-7H2,1H3,(H,11,12). The van der Waals surface area contributed by atoms with Crippen molar-refractivity contribution in [2.75, 3.05) is 31.6 Å². The lowest BCUT2D eigenvalue weighted by Gasteiger charge is -2.09. The summed E-state index contributed by atoms with van der Waals surface area (Å²) in [6.07, 6.45) is 2.57. The Balaban J connectivity index is 2.12. The second-order valence-electron chi connectivity index (χ2n) is 3.96.